The number of halogens is 1. The molecular formula is C15H20BrN3. The van der Waals surface area contributed by atoms with Gasteiger partial charge < -0.3 is 4.57 Å². The second-order valence-corrected chi connectivity index (χ2v) is 6.15. The Kier molecular flexibility index (Phi) is 4.09. The van der Waals surface area contributed by atoms with E-state index in [0.29, 0.717) is 5.33 Å². The van der Waals surface area contributed by atoms with Gasteiger partial charge in [0.15, 0.2) is 5.82 Å². The molecule has 1 aromatic carbocycles. The van der Waals surface area contributed by atoms with Gasteiger partial charge in [-0.25, -0.2) is 0 Å². The first-order valence-electron chi connectivity index (χ1n) is 6.58. The van der Waals surface area contributed by atoms with E-state index in [4.69, 9.17) is 0 Å². The van der Waals surface area contributed by atoms with Crippen LogP contribution in [0, 0.1) is 0 Å². The van der Waals surface area contributed by atoms with Gasteiger partial charge in [-0.3, -0.25) is 0 Å². The molecule has 1 aromatic heterocycles. The summed E-state index contributed by atoms with van der Waals surface area (Å²) in [5.41, 5.74) is 2.45. The van der Waals surface area contributed by atoms with Crippen LogP contribution in [-0.4, -0.2) is 14.8 Å². The van der Waals surface area contributed by atoms with Crippen LogP contribution in [0.1, 0.15) is 39.1 Å². The van der Waals surface area contributed by atoms with Gasteiger partial charge >= 0.3 is 0 Å². The smallest absolute Gasteiger partial charge is 0.164 e. The molecule has 0 aliphatic rings. The van der Waals surface area contributed by atoms with Gasteiger partial charge in [-0.2, -0.15) is 0 Å². The summed E-state index contributed by atoms with van der Waals surface area (Å²) in [6, 6.07) is 8.42. The lowest BCUT2D eigenvalue weighted by Gasteiger charge is -2.25. The van der Waals surface area contributed by atoms with Crippen LogP contribution < -0.4 is 0 Å². The standard InChI is InChI=1S/C15H20BrN3/c1-5-11-8-6-7-9-12(11)14-18-17-13(10-16)19(14)15(2,3)4/h6-9H,5,10H2,1-4H3. The minimum atomic E-state index is -0.0389. The maximum atomic E-state index is 4.42. The third-order valence-electron chi connectivity index (χ3n) is 3.16. The van der Waals surface area contributed by atoms with Crippen LogP contribution in [0.3, 0.4) is 0 Å². The zero-order valence-corrected chi connectivity index (χ0v) is 13.5. The molecule has 0 N–H and O–H groups in total. The first-order chi connectivity index (χ1) is 8.99. The second kappa shape index (κ2) is 5.45. The number of hydrogen-bond donors (Lipinski definition) is 0. The maximum absolute atomic E-state index is 4.42. The molecule has 3 nitrogen and oxygen atoms in total. The van der Waals surface area contributed by atoms with Crippen LogP contribution in [0.25, 0.3) is 11.4 Å². The summed E-state index contributed by atoms with van der Waals surface area (Å²) in [7, 11) is 0. The van der Waals surface area contributed by atoms with Crippen LogP contribution >= 0.6 is 15.9 Å². The Bertz CT molecular complexity index is 567. The van der Waals surface area contributed by atoms with Crippen molar-refractivity contribution in [1.82, 2.24) is 14.8 Å². The van der Waals surface area contributed by atoms with E-state index in [0.717, 1.165) is 18.1 Å². The topological polar surface area (TPSA) is 30.7 Å². The highest BCUT2D eigenvalue weighted by Crippen LogP contribution is 2.29. The molecule has 0 saturated heterocycles. The lowest BCUT2D eigenvalue weighted by Crippen LogP contribution is -2.25. The molecule has 0 fully saturated rings. The molecule has 1 heterocycles. The molecule has 0 spiro atoms. The normalized spacial score (nSPS) is 11.8. The molecule has 19 heavy (non-hydrogen) atoms. The molecule has 0 aliphatic carbocycles. The molecule has 2 aromatic rings. The van der Waals surface area contributed by atoms with E-state index in [1.165, 1.54) is 11.1 Å². The summed E-state index contributed by atoms with van der Waals surface area (Å²) in [5, 5.41) is 9.45. The Morgan fingerprint density at radius 2 is 1.84 bits per heavy atom. The summed E-state index contributed by atoms with van der Waals surface area (Å²) >= 11 is 3.50. The Morgan fingerprint density at radius 3 is 2.42 bits per heavy atom. The largest absolute Gasteiger partial charge is 0.305 e. The highest BCUT2D eigenvalue weighted by Gasteiger charge is 2.24. The molecule has 0 radical (unpaired) electrons. The number of nitrogens with zero attached hydrogens (tertiary/aromatic N) is 3. The predicted molar refractivity (Wildman–Crippen MR) is 82.5 cm³/mol. The van der Waals surface area contributed by atoms with Crippen molar-refractivity contribution in [2.45, 2.75) is 45.0 Å². The number of hydrogen-bond acceptors (Lipinski definition) is 2. The van der Waals surface area contributed by atoms with E-state index in [9.17, 15) is 0 Å². The predicted octanol–water partition coefficient (Wildman–Crippen LogP) is 4.16. The van der Waals surface area contributed by atoms with Crippen LogP contribution in [0.4, 0.5) is 0 Å². The minimum absolute atomic E-state index is 0.0389. The molecule has 0 saturated carbocycles. The Hall–Kier alpha value is -1.16. The van der Waals surface area contributed by atoms with Gasteiger partial charge in [0.25, 0.3) is 0 Å². The molecule has 2 rings (SSSR count). The van der Waals surface area contributed by atoms with Gasteiger partial charge in [0.1, 0.15) is 5.82 Å². The van der Waals surface area contributed by atoms with Gasteiger partial charge in [-0.1, -0.05) is 47.1 Å². The number of alkyl halides is 1. The van der Waals surface area contributed by atoms with E-state index < -0.39 is 0 Å². The third-order valence-corrected chi connectivity index (χ3v) is 3.66. The SMILES string of the molecule is CCc1ccccc1-c1nnc(CBr)n1C(C)(C)C. The van der Waals surface area contributed by atoms with Gasteiger partial charge in [0.05, 0.1) is 5.33 Å². The van der Waals surface area contributed by atoms with Crippen LogP contribution in [0.5, 0.6) is 0 Å². The number of benzene rings is 1. The summed E-state index contributed by atoms with van der Waals surface area (Å²) in [4.78, 5) is 0. The van der Waals surface area contributed by atoms with Crippen LogP contribution in [-0.2, 0) is 17.3 Å². The molecule has 4 heteroatoms. The average Bonchev–Trinajstić information content (AvgIpc) is 2.82. The Balaban J connectivity index is 2.66. The zero-order chi connectivity index (χ0) is 14.0. The third kappa shape index (κ3) is 2.73. The van der Waals surface area contributed by atoms with E-state index in [1.807, 2.05) is 0 Å². The van der Waals surface area contributed by atoms with E-state index >= 15 is 0 Å². The monoisotopic (exact) mass is 321 g/mol. The van der Waals surface area contributed by atoms with Crippen molar-refractivity contribution >= 4 is 15.9 Å². The van der Waals surface area contributed by atoms with Gasteiger partial charge in [-0.05, 0) is 32.8 Å². The van der Waals surface area contributed by atoms with Crippen molar-refractivity contribution in [3.63, 3.8) is 0 Å². The molecule has 102 valence electrons. The average molecular weight is 322 g/mol. The number of aryl methyl sites for hydroxylation is 1. The second-order valence-electron chi connectivity index (χ2n) is 5.59. The quantitative estimate of drug-likeness (QED) is 0.795. The van der Waals surface area contributed by atoms with Crippen molar-refractivity contribution in [3.05, 3.63) is 35.7 Å². The lowest BCUT2D eigenvalue weighted by atomic mass is 10.0. The van der Waals surface area contributed by atoms with E-state index in [2.05, 4.69) is 82.7 Å². The fraction of sp³-hybridized carbons (Fsp3) is 0.467. The van der Waals surface area contributed by atoms with Gasteiger partial charge in [-0.15, -0.1) is 10.2 Å². The van der Waals surface area contributed by atoms with Crippen LogP contribution in [0.2, 0.25) is 0 Å². The molecule has 0 bridgehead atoms. The Morgan fingerprint density at radius 1 is 1.16 bits per heavy atom. The fourth-order valence-corrected chi connectivity index (χ4v) is 2.69. The zero-order valence-electron chi connectivity index (χ0n) is 11.9. The summed E-state index contributed by atoms with van der Waals surface area (Å²) in [6.07, 6.45) is 0.997. The molecule has 0 atom stereocenters. The fourth-order valence-electron chi connectivity index (χ4n) is 2.33. The van der Waals surface area contributed by atoms with E-state index in [1.54, 1.807) is 0 Å². The first kappa shape index (κ1) is 14.3. The molecular weight excluding hydrogens is 302 g/mol. The maximum Gasteiger partial charge on any atom is 0.164 e. The summed E-state index contributed by atoms with van der Waals surface area (Å²) < 4.78 is 2.22. The Labute approximate surface area is 123 Å². The summed E-state index contributed by atoms with van der Waals surface area (Å²) in [5.74, 6) is 1.92. The first-order valence-corrected chi connectivity index (χ1v) is 7.70. The van der Waals surface area contributed by atoms with Gasteiger partial charge in [0.2, 0.25) is 0 Å². The highest BCUT2D eigenvalue weighted by molar-refractivity contribution is 9.08. The minimum Gasteiger partial charge on any atom is -0.305 e. The number of aromatic nitrogens is 3. The molecule has 0 aliphatic heterocycles. The molecule has 0 unspecified atom stereocenters. The van der Waals surface area contributed by atoms with Crippen molar-refractivity contribution in [1.29, 1.82) is 0 Å². The lowest BCUT2D eigenvalue weighted by molar-refractivity contribution is 0.390. The molecule has 0 amide bonds. The van der Waals surface area contributed by atoms with Crippen molar-refractivity contribution in [3.8, 4) is 11.4 Å². The van der Waals surface area contributed by atoms with Crippen molar-refractivity contribution in [2.24, 2.45) is 0 Å². The van der Waals surface area contributed by atoms with Crippen molar-refractivity contribution in [2.75, 3.05) is 0 Å². The van der Waals surface area contributed by atoms with Crippen molar-refractivity contribution < 1.29 is 0 Å². The van der Waals surface area contributed by atoms with Crippen LogP contribution in [0.15, 0.2) is 24.3 Å². The summed E-state index contributed by atoms with van der Waals surface area (Å²) in [6.45, 7) is 8.71. The highest BCUT2D eigenvalue weighted by atomic mass is 79.9. The number of rotatable bonds is 3. The van der Waals surface area contributed by atoms with E-state index in [-0.39, 0.29) is 5.54 Å². The van der Waals surface area contributed by atoms with Gasteiger partial charge in [0, 0.05) is 11.1 Å².